The van der Waals surface area contributed by atoms with Crippen molar-refractivity contribution in [2.75, 3.05) is 0 Å². The molecule has 0 radical (unpaired) electrons. The molecule has 0 aliphatic carbocycles. The van der Waals surface area contributed by atoms with Crippen LogP contribution in [0.1, 0.15) is 0 Å². The number of hydrogen-bond acceptors (Lipinski definition) is 1. The third kappa shape index (κ3) is 5.74. The molecule has 9 aromatic rings. The van der Waals surface area contributed by atoms with E-state index in [-0.39, 0.29) is 0 Å². The molecule has 7 aromatic carbocycles. The van der Waals surface area contributed by atoms with Crippen LogP contribution in [0.2, 0.25) is 39.3 Å². The summed E-state index contributed by atoms with van der Waals surface area (Å²) in [6, 6.07) is 56.5. The van der Waals surface area contributed by atoms with E-state index in [0.717, 1.165) is 11.3 Å². The van der Waals surface area contributed by atoms with E-state index in [1.165, 1.54) is 81.7 Å². The predicted octanol–water partition coefficient (Wildman–Crippen LogP) is 12.6. The molecule has 0 saturated heterocycles. The van der Waals surface area contributed by atoms with Gasteiger partial charge in [-0.15, -0.1) is 0 Å². The van der Waals surface area contributed by atoms with Crippen molar-refractivity contribution in [2.24, 2.45) is 0 Å². The smallest absolute Gasteiger partial charge is 0.0776 e. The quantitative estimate of drug-likeness (QED) is 0.124. The Bertz CT molecular complexity index is 2690. The number of aromatic nitrogens is 2. The van der Waals surface area contributed by atoms with Crippen LogP contribution in [0.4, 0.5) is 0 Å². The molecule has 2 heterocycles. The summed E-state index contributed by atoms with van der Waals surface area (Å²) >= 11 is 0. The van der Waals surface area contributed by atoms with Gasteiger partial charge in [0.05, 0.1) is 32.9 Å². The van der Waals surface area contributed by atoms with Gasteiger partial charge < -0.3 is 4.57 Å². The van der Waals surface area contributed by atoms with Crippen LogP contribution in [0.15, 0.2) is 158 Å². The van der Waals surface area contributed by atoms with Crippen LogP contribution >= 0.6 is 0 Å². The third-order valence-electron chi connectivity index (χ3n) is 11.0. The van der Waals surface area contributed by atoms with Crippen LogP contribution in [-0.4, -0.2) is 25.7 Å². The topological polar surface area (TPSA) is 17.8 Å². The molecule has 9 rings (SSSR count). The first-order chi connectivity index (χ1) is 25.6. The van der Waals surface area contributed by atoms with Crippen LogP contribution in [0, 0.1) is 0 Å². The van der Waals surface area contributed by atoms with Gasteiger partial charge in [-0.2, -0.15) is 0 Å². The minimum Gasteiger partial charge on any atom is -0.309 e. The monoisotopic (exact) mass is 716 g/mol. The number of nitrogens with zero attached hydrogens (tertiary/aromatic N) is 2. The Balaban J connectivity index is 1.21. The molecular formula is C49H44N2Si2. The summed E-state index contributed by atoms with van der Waals surface area (Å²) in [4.78, 5) is 4.57. The zero-order valence-corrected chi connectivity index (χ0v) is 33.4. The molecule has 2 nitrogen and oxygen atoms in total. The number of rotatable bonds is 6. The molecule has 4 heteroatoms. The molecular weight excluding hydrogens is 673 g/mol. The average molecular weight is 717 g/mol. The van der Waals surface area contributed by atoms with Gasteiger partial charge in [0, 0.05) is 28.2 Å². The van der Waals surface area contributed by atoms with Crippen molar-refractivity contribution in [3.05, 3.63) is 158 Å². The van der Waals surface area contributed by atoms with Gasteiger partial charge in [0.2, 0.25) is 0 Å². The fourth-order valence-corrected chi connectivity index (χ4v) is 10.4. The second-order valence-corrected chi connectivity index (χ2v) is 26.6. The van der Waals surface area contributed by atoms with Crippen molar-refractivity contribution in [3.8, 4) is 39.2 Å². The molecule has 0 aliphatic rings. The number of pyridine rings is 1. The maximum absolute atomic E-state index is 4.57. The van der Waals surface area contributed by atoms with Crippen molar-refractivity contribution in [2.45, 2.75) is 39.3 Å². The molecule has 0 fully saturated rings. The van der Waals surface area contributed by atoms with E-state index in [1.807, 2.05) is 18.3 Å². The normalized spacial score (nSPS) is 12.3. The van der Waals surface area contributed by atoms with Gasteiger partial charge in [-0.1, -0.05) is 165 Å². The van der Waals surface area contributed by atoms with E-state index in [2.05, 4.69) is 188 Å². The molecule has 0 N–H and O–H groups in total. The van der Waals surface area contributed by atoms with Crippen LogP contribution in [0.3, 0.4) is 0 Å². The summed E-state index contributed by atoms with van der Waals surface area (Å²) in [5, 5.41) is 10.8. The first kappa shape index (κ1) is 33.3. The molecule has 0 atom stereocenters. The van der Waals surface area contributed by atoms with E-state index in [9.17, 15) is 0 Å². The second-order valence-electron chi connectivity index (χ2n) is 16.5. The Morgan fingerprint density at radius 1 is 0.396 bits per heavy atom. The first-order valence-electron chi connectivity index (χ1n) is 18.7. The van der Waals surface area contributed by atoms with E-state index in [1.54, 1.807) is 0 Å². The lowest BCUT2D eigenvalue weighted by Crippen LogP contribution is -2.37. The van der Waals surface area contributed by atoms with Crippen molar-refractivity contribution in [1.29, 1.82) is 0 Å². The lowest BCUT2D eigenvalue weighted by Gasteiger charge is -2.18. The molecule has 2 aromatic heterocycles. The maximum atomic E-state index is 4.57. The highest BCUT2D eigenvalue weighted by Gasteiger charge is 2.23. The highest BCUT2D eigenvalue weighted by molar-refractivity contribution is 6.89. The van der Waals surface area contributed by atoms with Crippen molar-refractivity contribution >= 4 is 69.9 Å². The summed E-state index contributed by atoms with van der Waals surface area (Å²) < 4.78 is 2.48. The molecule has 0 saturated carbocycles. The average Bonchev–Trinajstić information content (AvgIpc) is 3.50. The Morgan fingerprint density at radius 2 is 0.811 bits per heavy atom. The molecule has 0 aliphatic heterocycles. The summed E-state index contributed by atoms with van der Waals surface area (Å²) in [6.07, 6.45) is 1.85. The highest BCUT2D eigenvalue weighted by atomic mass is 28.3. The van der Waals surface area contributed by atoms with E-state index < -0.39 is 16.1 Å². The van der Waals surface area contributed by atoms with E-state index in [0.29, 0.717) is 0 Å². The first-order valence-corrected chi connectivity index (χ1v) is 25.7. The third-order valence-corrected chi connectivity index (χ3v) is 15.1. The molecule has 53 heavy (non-hydrogen) atoms. The Kier molecular flexibility index (Phi) is 7.88. The molecule has 0 unspecified atom stereocenters. The lowest BCUT2D eigenvalue weighted by molar-refractivity contribution is 1.18. The van der Waals surface area contributed by atoms with Crippen LogP contribution < -0.4 is 10.4 Å². The zero-order valence-electron chi connectivity index (χ0n) is 31.4. The van der Waals surface area contributed by atoms with Gasteiger partial charge in [-0.25, -0.2) is 0 Å². The van der Waals surface area contributed by atoms with Gasteiger partial charge in [-0.05, 0) is 80.2 Å². The standard InChI is InChI=1S/C49H44N2Si2/c1-52(2,3)37-26-28-46-43(31-37)44-32-38(53(4,5)6)27-29-47(44)51(46)36-24-22-35(23-25-36)49-41-15-9-7-13-39(41)48(40-14-8-10-16-42(40)49)34-20-18-33(19-21-34)45-17-11-12-30-50-45/h7-32H,1-6H3. The SMILES string of the molecule is C[Si](C)(C)c1ccc2c(c1)c1cc([Si](C)(C)C)ccc1n2-c1ccc(-c2c3ccccc3c(-c3ccc(-c4ccccn4)cc3)c3ccccc23)cc1. The van der Waals surface area contributed by atoms with Gasteiger partial charge in [0.15, 0.2) is 0 Å². The van der Waals surface area contributed by atoms with Gasteiger partial charge in [-0.3, -0.25) is 4.98 Å². The fourth-order valence-electron chi connectivity index (χ4n) is 8.10. The predicted molar refractivity (Wildman–Crippen MR) is 236 cm³/mol. The molecule has 258 valence electrons. The summed E-state index contributed by atoms with van der Waals surface area (Å²) in [6.45, 7) is 14.7. The summed E-state index contributed by atoms with van der Waals surface area (Å²) in [5.74, 6) is 0. The largest absolute Gasteiger partial charge is 0.309 e. The fraction of sp³-hybridized carbons (Fsp3) is 0.122. The number of hydrogen-bond donors (Lipinski definition) is 0. The molecule has 0 bridgehead atoms. The Hall–Kier alpha value is -5.56. The summed E-state index contributed by atoms with van der Waals surface area (Å²) in [7, 11) is -2.99. The lowest BCUT2D eigenvalue weighted by atomic mass is 9.86. The van der Waals surface area contributed by atoms with Crippen molar-refractivity contribution in [1.82, 2.24) is 9.55 Å². The van der Waals surface area contributed by atoms with Crippen LogP contribution in [-0.2, 0) is 0 Å². The Morgan fingerprint density at radius 3 is 1.23 bits per heavy atom. The summed E-state index contributed by atoms with van der Waals surface area (Å²) in [5.41, 5.74) is 10.8. The number of benzene rings is 7. The number of fused-ring (bicyclic) bond motifs is 5. The van der Waals surface area contributed by atoms with Gasteiger partial charge in [0.25, 0.3) is 0 Å². The van der Waals surface area contributed by atoms with Crippen molar-refractivity contribution < 1.29 is 0 Å². The van der Waals surface area contributed by atoms with Crippen molar-refractivity contribution in [3.63, 3.8) is 0 Å². The zero-order chi connectivity index (χ0) is 36.5. The minimum atomic E-state index is -1.49. The van der Waals surface area contributed by atoms with Crippen LogP contribution in [0.25, 0.3) is 82.5 Å². The maximum Gasteiger partial charge on any atom is 0.0776 e. The van der Waals surface area contributed by atoms with E-state index in [4.69, 9.17) is 0 Å². The van der Waals surface area contributed by atoms with Crippen LogP contribution in [0.5, 0.6) is 0 Å². The molecule has 0 spiro atoms. The van der Waals surface area contributed by atoms with Gasteiger partial charge >= 0.3 is 0 Å². The van der Waals surface area contributed by atoms with Gasteiger partial charge in [0.1, 0.15) is 0 Å². The minimum absolute atomic E-state index is 0.987. The Labute approximate surface area is 314 Å². The highest BCUT2D eigenvalue weighted by Crippen LogP contribution is 2.44. The molecule has 0 amide bonds. The van der Waals surface area contributed by atoms with E-state index >= 15 is 0 Å². The second kappa shape index (κ2) is 12.5.